The van der Waals surface area contributed by atoms with Gasteiger partial charge in [-0.05, 0) is 36.2 Å². The van der Waals surface area contributed by atoms with Gasteiger partial charge in [0.15, 0.2) is 34.0 Å². The summed E-state index contributed by atoms with van der Waals surface area (Å²) in [6.45, 7) is 6.01. The predicted octanol–water partition coefficient (Wildman–Crippen LogP) is 3.94. The number of ketones is 1. The summed E-state index contributed by atoms with van der Waals surface area (Å²) in [5.41, 5.74) is 0.595. The second-order valence-corrected chi connectivity index (χ2v) is 7.80. The van der Waals surface area contributed by atoms with Crippen LogP contribution in [0.3, 0.4) is 0 Å². The Balaban J connectivity index is 1.51. The number of carbonyl (C=O) groups excluding carboxylic acids is 1. The first kappa shape index (κ1) is 18.6. The fourth-order valence-electron chi connectivity index (χ4n) is 2.94. The SMILES string of the molecule is CC(C)Cn1c(SCC(=O)c2ccc3c(c2)OCCO3)nnc1-c1ccco1. The highest BCUT2D eigenvalue weighted by Gasteiger charge is 2.20. The van der Waals surface area contributed by atoms with E-state index >= 15 is 0 Å². The molecule has 28 heavy (non-hydrogen) atoms. The number of rotatable bonds is 7. The van der Waals surface area contributed by atoms with Gasteiger partial charge in [0.1, 0.15) is 13.2 Å². The third kappa shape index (κ3) is 3.91. The summed E-state index contributed by atoms with van der Waals surface area (Å²) in [5, 5.41) is 9.25. The van der Waals surface area contributed by atoms with Crippen LogP contribution in [0.25, 0.3) is 11.6 Å². The van der Waals surface area contributed by atoms with Crippen molar-refractivity contribution < 1.29 is 18.7 Å². The van der Waals surface area contributed by atoms with Crippen LogP contribution in [-0.4, -0.2) is 39.5 Å². The van der Waals surface area contributed by atoms with Gasteiger partial charge in [-0.3, -0.25) is 9.36 Å². The van der Waals surface area contributed by atoms with Gasteiger partial charge in [-0.2, -0.15) is 0 Å². The van der Waals surface area contributed by atoms with Gasteiger partial charge in [-0.25, -0.2) is 0 Å². The Morgan fingerprint density at radius 3 is 2.75 bits per heavy atom. The van der Waals surface area contributed by atoms with Gasteiger partial charge in [0.05, 0.1) is 12.0 Å². The lowest BCUT2D eigenvalue weighted by Crippen LogP contribution is -2.16. The summed E-state index contributed by atoms with van der Waals surface area (Å²) in [5.74, 6) is 3.29. The topological polar surface area (TPSA) is 79.4 Å². The number of furan rings is 1. The monoisotopic (exact) mass is 399 g/mol. The molecular weight excluding hydrogens is 378 g/mol. The molecule has 4 rings (SSSR count). The molecule has 1 aliphatic heterocycles. The van der Waals surface area contributed by atoms with Crippen LogP contribution in [0.15, 0.2) is 46.2 Å². The first-order chi connectivity index (χ1) is 13.6. The van der Waals surface area contributed by atoms with Crippen molar-refractivity contribution in [3.8, 4) is 23.1 Å². The number of thioether (sulfide) groups is 1. The Morgan fingerprint density at radius 2 is 2.00 bits per heavy atom. The molecule has 8 heteroatoms. The summed E-state index contributed by atoms with van der Waals surface area (Å²) in [6, 6.07) is 8.97. The molecule has 0 atom stereocenters. The summed E-state index contributed by atoms with van der Waals surface area (Å²) in [4.78, 5) is 12.7. The number of benzene rings is 1. The minimum absolute atomic E-state index is 0.000573. The summed E-state index contributed by atoms with van der Waals surface area (Å²) in [6.07, 6.45) is 1.61. The maximum Gasteiger partial charge on any atom is 0.200 e. The van der Waals surface area contributed by atoms with E-state index in [0.717, 1.165) is 6.54 Å². The summed E-state index contributed by atoms with van der Waals surface area (Å²) in [7, 11) is 0. The van der Waals surface area contributed by atoms with Gasteiger partial charge < -0.3 is 13.9 Å². The summed E-state index contributed by atoms with van der Waals surface area (Å²) < 4.78 is 18.6. The molecule has 3 aromatic rings. The first-order valence-electron chi connectivity index (χ1n) is 9.14. The fourth-order valence-corrected chi connectivity index (χ4v) is 3.79. The molecule has 0 radical (unpaired) electrons. The third-order valence-corrected chi connectivity index (χ3v) is 5.17. The van der Waals surface area contributed by atoms with Gasteiger partial charge in [-0.1, -0.05) is 25.6 Å². The number of hydrogen-bond acceptors (Lipinski definition) is 7. The number of nitrogens with zero attached hydrogens (tertiary/aromatic N) is 3. The van der Waals surface area contributed by atoms with E-state index < -0.39 is 0 Å². The van der Waals surface area contributed by atoms with Crippen LogP contribution in [0.4, 0.5) is 0 Å². The van der Waals surface area contributed by atoms with Gasteiger partial charge >= 0.3 is 0 Å². The second kappa shape index (κ2) is 8.10. The van der Waals surface area contributed by atoms with Crippen molar-refractivity contribution in [3.63, 3.8) is 0 Å². The Kier molecular flexibility index (Phi) is 5.38. The molecular formula is C20H21N3O4S. The molecule has 1 aromatic carbocycles. The standard InChI is InChI=1S/C20H21N3O4S/c1-13(2)11-23-19(17-4-3-7-25-17)21-22-20(23)28-12-15(24)14-5-6-16-18(10-14)27-9-8-26-16/h3-7,10,13H,8-9,11-12H2,1-2H3. The van der Waals surface area contributed by atoms with E-state index in [1.54, 1.807) is 24.5 Å². The Labute approximate surface area is 167 Å². The van der Waals surface area contributed by atoms with Gasteiger partial charge in [-0.15, -0.1) is 10.2 Å². The van der Waals surface area contributed by atoms with E-state index in [9.17, 15) is 4.79 Å². The average molecular weight is 399 g/mol. The van der Waals surface area contributed by atoms with Gasteiger partial charge in [0.2, 0.25) is 0 Å². The number of Topliss-reactive ketones (excluding diaryl/α,β-unsaturated/α-hetero) is 1. The largest absolute Gasteiger partial charge is 0.486 e. The van der Waals surface area contributed by atoms with Crippen LogP contribution in [0.2, 0.25) is 0 Å². The normalized spacial score (nSPS) is 13.1. The molecule has 7 nitrogen and oxygen atoms in total. The van der Waals surface area contributed by atoms with Crippen LogP contribution in [0.1, 0.15) is 24.2 Å². The molecule has 0 unspecified atom stereocenters. The molecule has 0 spiro atoms. The van der Waals surface area contributed by atoms with Crippen molar-refractivity contribution in [1.82, 2.24) is 14.8 Å². The maximum absolute atomic E-state index is 12.7. The number of hydrogen-bond donors (Lipinski definition) is 0. The molecule has 2 aromatic heterocycles. The van der Waals surface area contributed by atoms with Crippen molar-refractivity contribution in [3.05, 3.63) is 42.2 Å². The zero-order valence-corrected chi connectivity index (χ0v) is 16.6. The average Bonchev–Trinajstić information content (AvgIpc) is 3.35. The minimum Gasteiger partial charge on any atom is -0.486 e. The van der Waals surface area contributed by atoms with Crippen molar-refractivity contribution in [2.45, 2.75) is 25.5 Å². The zero-order chi connectivity index (χ0) is 19.5. The second-order valence-electron chi connectivity index (χ2n) is 6.86. The zero-order valence-electron chi connectivity index (χ0n) is 15.8. The van der Waals surface area contributed by atoms with Crippen molar-refractivity contribution in [2.24, 2.45) is 5.92 Å². The number of carbonyl (C=O) groups is 1. The van der Waals surface area contributed by atoms with Crippen LogP contribution in [0, 0.1) is 5.92 Å². The molecule has 0 aliphatic carbocycles. The lowest BCUT2D eigenvalue weighted by Gasteiger charge is -2.18. The smallest absolute Gasteiger partial charge is 0.200 e. The molecule has 3 heterocycles. The number of fused-ring (bicyclic) bond motifs is 1. The van der Waals surface area contributed by atoms with Crippen LogP contribution < -0.4 is 9.47 Å². The van der Waals surface area contributed by atoms with Gasteiger partial charge in [0.25, 0.3) is 0 Å². The van der Waals surface area contributed by atoms with Crippen molar-refractivity contribution >= 4 is 17.5 Å². The predicted molar refractivity (Wildman–Crippen MR) is 105 cm³/mol. The molecule has 0 N–H and O–H groups in total. The maximum atomic E-state index is 12.7. The molecule has 0 saturated heterocycles. The van der Waals surface area contributed by atoms with Crippen LogP contribution in [0.5, 0.6) is 11.5 Å². The van der Waals surface area contributed by atoms with E-state index in [2.05, 4.69) is 24.0 Å². The molecule has 0 saturated carbocycles. The number of ether oxygens (including phenoxy) is 2. The molecule has 0 amide bonds. The van der Waals surface area contributed by atoms with E-state index in [4.69, 9.17) is 13.9 Å². The fraction of sp³-hybridized carbons (Fsp3) is 0.350. The van der Waals surface area contributed by atoms with Gasteiger partial charge in [0, 0.05) is 12.1 Å². The van der Waals surface area contributed by atoms with E-state index in [1.807, 2.05) is 16.7 Å². The van der Waals surface area contributed by atoms with Crippen LogP contribution >= 0.6 is 11.8 Å². The molecule has 0 bridgehead atoms. The Hall–Kier alpha value is -2.74. The lowest BCUT2D eigenvalue weighted by atomic mass is 10.1. The van der Waals surface area contributed by atoms with Crippen molar-refractivity contribution in [2.75, 3.05) is 19.0 Å². The quantitative estimate of drug-likeness (QED) is 0.440. The van der Waals surface area contributed by atoms with Crippen molar-refractivity contribution in [1.29, 1.82) is 0 Å². The van der Waals surface area contributed by atoms with Crippen LogP contribution in [-0.2, 0) is 6.54 Å². The molecule has 0 fully saturated rings. The highest BCUT2D eigenvalue weighted by molar-refractivity contribution is 7.99. The lowest BCUT2D eigenvalue weighted by molar-refractivity contribution is 0.102. The first-order valence-corrected chi connectivity index (χ1v) is 10.1. The van der Waals surface area contributed by atoms with E-state index in [1.165, 1.54) is 11.8 Å². The van der Waals surface area contributed by atoms with E-state index in [-0.39, 0.29) is 11.5 Å². The van der Waals surface area contributed by atoms with E-state index in [0.29, 0.717) is 52.9 Å². The molecule has 146 valence electrons. The third-order valence-electron chi connectivity index (χ3n) is 4.20. The highest BCUT2D eigenvalue weighted by Crippen LogP contribution is 2.32. The highest BCUT2D eigenvalue weighted by atomic mass is 32.2. The molecule has 1 aliphatic rings. The Bertz CT molecular complexity index is 966. The summed E-state index contributed by atoms with van der Waals surface area (Å²) >= 11 is 1.37. The number of aromatic nitrogens is 3. The minimum atomic E-state index is 0.000573. The Morgan fingerprint density at radius 1 is 1.18 bits per heavy atom.